The number of anilines is 1. The van der Waals surface area contributed by atoms with E-state index >= 15 is 0 Å². The molecule has 1 aromatic rings. The summed E-state index contributed by atoms with van der Waals surface area (Å²) in [6.07, 6.45) is 0.949. The van der Waals surface area contributed by atoms with Crippen molar-refractivity contribution in [2.45, 2.75) is 13.3 Å². The lowest BCUT2D eigenvalue weighted by Crippen LogP contribution is -2.04. The normalized spacial score (nSPS) is 10.1. The Kier molecular flexibility index (Phi) is 4.26. The van der Waals surface area contributed by atoms with E-state index in [1.165, 1.54) is 0 Å². The third kappa shape index (κ3) is 2.92. The van der Waals surface area contributed by atoms with Gasteiger partial charge < -0.3 is 15.2 Å². The summed E-state index contributed by atoms with van der Waals surface area (Å²) in [5, 5.41) is 0. The molecule has 3 heteroatoms. The zero-order valence-corrected chi connectivity index (χ0v) is 8.75. The van der Waals surface area contributed by atoms with Crippen molar-refractivity contribution in [1.29, 1.82) is 0 Å². The van der Waals surface area contributed by atoms with Gasteiger partial charge in [-0.15, -0.1) is 0 Å². The van der Waals surface area contributed by atoms with Crippen LogP contribution in [0.15, 0.2) is 18.2 Å². The molecule has 0 fully saturated rings. The molecule has 3 nitrogen and oxygen atoms in total. The van der Waals surface area contributed by atoms with Crippen molar-refractivity contribution in [1.82, 2.24) is 0 Å². The molecule has 1 aromatic carbocycles. The van der Waals surface area contributed by atoms with Gasteiger partial charge in [-0.05, 0) is 18.1 Å². The summed E-state index contributed by atoms with van der Waals surface area (Å²) in [6, 6.07) is 5.79. The van der Waals surface area contributed by atoms with Gasteiger partial charge in [0.15, 0.2) is 0 Å². The first-order chi connectivity index (χ1) is 6.77. The predicted molar refractivity (Wildman–Crippen MR) is 57.6 cm³/mol. The van der Waals surface area contributed by atoms with E-state index in [0.29, 0.717) is 13.2 Å². The molecule has 0 aliphatic carbocycles. The highest BCUT2D eigenvalue weighted by molar-refractivity contribution is 5.51. The molecular weight excluding hydrogens is 178 g/mol. The van der Waals surface area contributed by atoms with Gasteiger partial charge in [0.25, 0.3) is 0 Å². The smallest absolute Gasteiger partial charge is 0.121 e. The second-order valence-electron chi connectivity index (χ2n) is 3.06. The van der Waals surface area contributed by atoms with Gasteiger partial charge in [0.1, 0.15) is 12.4 Å². The van der Waals surface area contributed by atoms with Crippen LogP contribution in [0.3, 0.4) is 0 Å². The van der Waals surface area contributed by atoms with Gasteiger partial charge in [-0.2, -0.15) is 0 Å². The van der Waals surface area contributed by atoms with Gasteiger partial charge in [-0.3, -0.25) is 0 Å². The first-order valence-corrected chi connectivity index (χ1v) is 4.78. The Balaban J connectivity index is 2.57. The molecule has 0 spiro atoms. The molecule has 0 unspecified atom stereocenters. The fourth-order valence-electron chi connectivity index (χ4n) is 1.23. The van der Waals surface area contributed by atoms with Gasteiger partial charge in [0.2, 0.25) is 0 Å². The third-order valence-electron chi connectivity index (χ3n) is 2.05. The van der Waals surface area contributed by atoms with E-state index in [9.17, 15) is 0 Å². The average Bonchev–Trinajstić information content (AvgIpc) is 2.18. The van der Waals surface area contributed by atoms with Gasteiger partial charge in [0.05, 0.1) is 6.61 Å². The third-order valence-corrected chi connectivity index (χ3v) is 2.05. The summed E-state index contributed by atoms with van der Waals surface area (Å²) >= 11 is 0. The monoisotopic (exact) mass is 195 g/mol. The molecular formula is C11H17NO2. The fourth-order valence-corrected chi connectivity index (χ4v) is 1.23. The van der Waals surface area contributed by atoms with E-state index in [2.05, 4.69) is 6.92 Å². The Labute approximate surface area is 84.8 Å². The fraction of sp³-hybridized carbons (Fsp3) is 0.455. The number of aryl methyl sites for hydroxylation is 1. The molecule has 0 heterocycles. The van der Waals surface area contributed by atoms with Crippen molar-refractivity contribution in [2.75, 3.05) is 26.1 Å². The molecule has 0 saturated heterocycles. The highest BCUT2D eigenvalue weighted by atomic mass is 16.5. The van der Waals surface area contributed by atoms with Gasteiger partial charge >= 0.3 is 0 Å². The Morgan fingerprint density at radius 3 is 2.64 bits per heavy atom. The first kappa shape index (κ1) is 10.9. The summed E-state index contributed by atoms with van der Waals surface area (Å²) in [7, 11) is 1.65. The van der Waals surface area contributed by atoms with Crippen LogP contribution in [0.5, 0.6) is 5.75 Å². The number of nitrogen functional groups attached to an aromatic ring is 1. The van der Waals surface area contributed by atoms with Crippen LogP contribution in [0.1, 0.15) is 12.5 Å². The van der Waals surface area contributed by atoms with Crippen LogP contribution in [0.25, 0.3) is 0 Å². The minimum absolute atomic E-state index is 0.557. The van der Waals surface area contributed by atoms with E-state index in [0.717, 1.165) is 23.4 Å². The van der Waals surface area contributed by atoms with Gasteiger partial charge in [-0.25, -0.2) is 0 Å². The number of methoxy groups -OCH3 is 1. The summed E-state index contributed by atoms with van der Waals surface area (Å²) < 4.78 is 10.3. The lowest BCUT2D eigenvalue weighted by molar-refractivity contribution is 0.146. The van der Waals surface area contributed by atoms with Crippen molar-refractivity contribution < 1.29 is 9.47 Å². The lowest BCUT2D eigenvalue weighted by Gasteiger charge is -2.08. The minimum atomic E-state index is 0.557. The molecule has 0 aliphatic heterocycles. The molecule has 0 saturated carbocycles. The Morgan fingerprint density at radius 1 is 1.29 bits per heavy atom. The van der Waals surface area contributed by atoms with Crippen molar-refractivity contribution in [3.05, 3.63) is 23.8 Å². The Bertz CT molecular complexity index is 287. The highest BCUT2D eigenvalue weighted by Crippen LogP contribution is 2.20. The molecule has 78 valence electrons. The number of ether oxygens (including phenoxy) is 2. The maximum Gasteiger partial charge on any atom is 0.121 e. The maximum absolute atomic E-state index is 5.82. The molecule has 0 radical (unpaired) electrons. The number of nitrogens with two attached hydrogens (primary N) is 1. The van der Waals surface area contributed by atoms with Crippen LogP contribution in [0, 0.1) is 0 Å². The van der Waals surface area contributed by atoms with Crippen LogP contribution in [0.4, 0.5) is 5.69 Å². The maximum atomic E-state index is 5.82. The zero-order valence-electron chi connectivity index (χ0n) is 8.75. The van der Waals surface area contributed by atoms with Gasteiger partial charge in [0, 0.05) is 18.9 Å². The van der Waals surface area contributed by atoms with E-state index in [1.807, 2.05) is 18.2 Å². The Hall–Kier alpha value is -1.22. The molecule has 0 aliphatic rings. The SMILES string of the molecule is CCc1ccc(OCCOC)cc1N. The van der Waals surface area contributed by atoms with E-state index in [1.54, 1.807) is 7.11 Å². The summed E-state index contributed by atoms with van der Waals surface area (Å²) in [5.41, 5.74) is 7.78. The van der Waals surface area contributed by atoms with Crippen molar-refractivity contribution in [2.24, 2.45) is 0 Å². The highest BCUT2D eigenvalue weighted by Gasteiger charge is 1.99. The number of rotatable bonds is 5. The summed E-state index contributed by atoms with van der Waals surface area (Å²) in [5.74, 6) is 0.803. The number of benzene rings is 1. The molecule has 14 heavy (non-hydrogen) atoms. The largest absolute Gasteiger partial charge is 0.491 e. The second kappa shape index (κ2) is 5.50. The Morgan fingerprint density at radius 2 is 2.07 bits per heavy atom. The van der Waals surface area contributed by atoms with Crippen LogP contribution < -0.4 is 10.5 Å². The lowest BCUT2D eigenvalue weighted by atomic mass is 10.1. The molecule has 0 atom stereocenters. The minimum Gasteiger partial charge on any atom is -0.491 e. The molecule has 2 N–H and O–H groups in total. The predicted octanol–water partition coefficient (Wildman–Crippen LogP) is 1.86. The summed E-state index contributed by atoms with van der Waals surface area (Å²) in [6.45, 7) is 3.23. The number of hydrogen-bond donors (Lipinski definition) is 1. The van der Waals surface area contributed by atoms with Crippen molar-refractivity contribution >= 4 is 5.69 Å². The average molecular weight is 195 g/mol. The van der Waals surface area contributed by atoms with E-state index < -0.39 is 0 Å². The second-order valence-corrected chi connectivity index (χ2v) is 3.06. The molecule has 1 rings (SSSR count). The standard InChI is InChI=1S/C11H17NO2/c1-3-9-4-5-10(8-11(9)12)14-7-6-13-2/h4-5,8H,3,6-7,12H2,1-2H3. The van der Waals surface area contributed by atoms with E-state index in [4.69, 9.17) is 15.2 Å². The van der Waals surface area contributed by atoms with E-state index in [-0.39, 0.29) is 0 Å². The number of hydrogen-bond acceptors (Lipinski definition) is 3. The zero-order chi connectivity index (χ0) is 10.4. The van der Waals surface area contributed by atoms with Crippen LogP contribution in [-0.2, 0) is 11.2 Å². The molecule has 0 amide bonds. The molecule has 0 bridgehead atoms. The van der Waals surface area contributed by atoms with Crippen molar-refractivity contribution in [3.8, 4) is 5.75 Å². The van der Waals surface area contributed by atoms with Crippen LogP contribution in [-0.4, -0.2) is 20.3 Å². The molecule has 0 aromatic heterocycles. The van der Waals surface area contributed by atoms with Gasteiger partial charge in [-0.1, -0.05) is 13.0 Å². The first-order valence-electron chi connectivity index (χ1n) is 4.78. The quantitative estimate of drug-likeness (QED) is 0.576. The van der Waals surface area contributed by atoms with Crippen LogP contribution >= 0.6 is 0 Å². The topological polar surface area (TPSA) is 44.5 Å². The van der Waals surface area contributed by atoms with Crippen LogP contribution in [0.2, 0.25) is 0 Å². The summed E-state index contributed by atoms with van der Waals surface area (Å²) in [4.78, 5) is 0. The van der Waals surface area contributed by atoms with Crippen molar-refractivity contribution in [3.63, 3.8) is 0 Å².